The van der Waals surface area contributed by atoms with Gasteiger partial charge in [-0.15, -0.1) is 11.6 Å². The van der Waals surface area contributed by atoms with Crippen LogP contribution in [0.1, 0.15) is 24.4 Å². The molecule has 1 heterocycles. The normalized spacial score (nSPS) is 21.5. The number of rotatable bonds is 6. The second-order valence-electron chi connectivity index (χ2n) is 5.51. The van der Waals surface area contributed by atoms with E-state index < -0.39 is 10.0 Å². The number of hydrogen-bond donors (Lipinski definition) is 0. The Hall–Kier alpha value is -0.620. The molecule has 118 valence electrons. The van der Waals surface area contributed by atoms with Crippen molar-refractivity contribution in [3.05, 3.63) is 35.9 Å². The lowest BCUT2D eigenvalue weighted by molar-refractivity contribution is 0.160. The molecule has 1 atom stereocenters. The number of piperazine rings is 1. The molecule has 1 fully saturated rings. The van der Waals surface area contributed by atoms with Gasteiger partial charge in [-0.1, -0.05) is 30.3 Å². The Balaban J connectivity index is 2.18. The molecule has 1 aromatic rings. The standard InChI is InChI=1S/C15H23ClN2O2S/c1-17-10-11-18(21(19,20)12-6-5-9-16)15(13-17)14-7-3-2-4-8-14/h2-4,7-8,15H,5-6,9-13H2,1H3. The van der Waals surface area contributed by atoms with E-state index in [9.17, 15) is 8.42 Å². The lowest BCUT2D eigenvalue weighted by Gasteiger charge is -2.39. The van der Waals surface area contributed by atoms with Gasteiger partial charge in [-0.05, 0) is 25.5 Å². The fraction of sp³-hybridized carbons (Fsp3) is 0.600. The Labute approximate surface area is 132 Å². The third-order valence-corrected chi connectivity index (χ3v) is 6.09. The molecule has 2 rings (SSSR count). The summed E-state index contributed by atoms with van der Waals surface area (Å²) in [5.74, 6) is 0.702. The molecular weight excluding hydrogens is 308 g/mol. The van der Waals surface area contributed by atoms with Crippen molar-refractivity contribution in [1.29, 1.82) is 0 Å². The molecule has 0 amide bonds. The molecule has 1 aliphatic heterocycles. The van der Waals surface area contributed by atoms with Crippen molar-refractivity contribution in [3.63, 3.8) is 0 Å². The molecule has 6 heteroatoms. The summed E-state index contributed by atoms with van der Waals surface area (Å²) in [4.78, 5) is 2.18. The average molecular weight is 331 g/mol. The smallest absolute Gasteiger partial charge is 0.214 e. The Bertz CT molecular complexity index is 536. The molecule has 21 heavy (non-hydrogen) atoms. The average Bonchev–Trinajstić information content (AvgIpc) is 2.48. The SMILES string of the molecule is CN1CCN(S(=O)(=O)CCCCCl)C(c2ccccc2)C1. The van der Waals surface area contributed by atoms with Crippen LogP contribution >= 0.6 is 11.6 Å². The van der Waals surface area contributed by atoms with Crippen LogP contribution in [-0.2, 0) is 10.0 Å². The zero-order chi connectivity index (χ0) is 15.3. The lowest BCUT2D eigenvalue weighted by Crippen LogP contribution is -2.49. The van der Waals surface area contributed by atoms with E-state index >= 15 is 0 Å². The first-order valence-corrected chi connectivity index (χ1v) is 9.48. The summed E-state index contributed by atoms with van der Waals surface area (Å²) >= 11 is 5.64. The summed E-state index contributed by atoms with van der Waals surface area (Å²) in [5, 5.41) is 0. The summed E-state index contributed by atoms with van der Waals surface area (Å²) in [6.45, 7) is 2.07. The number of benzene rings is 1. The van der Waals surface area contributed by atoms with Crippen LogP contribution in [0.4, 0.5) is 0 Å². The first-order valence-electron chi connectivity index (χ1n) is 7.33. The van der Waals surface area contributed by atoms with Gasteiger partial charge < -0.3 is 4.90 Å². The van der Waals surface area contributed by atoms with Gasteiger partial charge in [-0.3, -0.25) is 0 Å². The van der Waals surface area contributed by atoms with Crippen molar-refractivity contribution < 1.29 is 8.42 Å². The highest BCUT2D eigenvalue weighted by Gasteiger charge is 2.34. The van der Waals surface area contributed by atoms with Crippen molar-refractivity contribution in [1.82, 2.24) is 9.21 Å². The van der Waals surface area contributed by atoms with Crippen LogP contribution in [0.15, 0.2) is 30.3 Å². The van der Waals surface area contributed by atoms with Crippen LogP contribution < -0.4 is 0 Å². The zero-order valence-electron chi connectivity index (χ0n) is 12.4. The van der Waals surface area contributed by atoms with Crippen molar-refractivity contribution >= 4 is 21.6 Å². The minimum Gasteiger partial charge on any atom is -0.303 e. The third kappa shape index (κ3) is 4.42. The van der Waals surface area contributed by atoms with Crippen molar-refractivity contribution in [3.8, 4) is 0 Å². The predicted molar refractivity (Wildman–Crippen MR) is 87.1 cm³/mol. The van der Waals surface area contributed by atoms with Crippen molar-refractivity contribution in [2.45, 2.75) is 18.9 Å². The molecule has 0 N–H and O–H groups in total. The molecule has 0 aliphatic carbocycles. The first kappa shape index (κ1) is 16.7. The van der Waals surface area contributed by atoms with Gasteiger partial charge in [0, 0.05) is 25.5 Å². The van der Waals surface area contributed by atoms with Gasteiger partial charge in [0.1, 0.15) is 0 Å². The van der Waals surface area contributed by atoms with Crippen LogP contribution in [0, 0.1) is 0 Å². The Kier molecular flexibility index (Phi) is 6.05. The molecule has 0 spiro atoms. The van der Waals surface area contributed by atoms with Crippen molar-refractivity contribution in [2.24, 2.45) is 0 Å². The van der Waals surface area contributed by atoms with E-state index in [4.69, 9.17) is 11.6 Å². The maximum absolute atomic E-state index is 12.6. The van der Waals surface area contributed by atoms with Gasteiger partial charge >= 0.3 is 0 Å². The van der Waals surface area contributed by atoms with Gasteiger partial charge in [-0.25, -0.2) is 8.42 Å². The van der Waals surface area contributed by atoms with Gasteiger partial charge in [0.2, 0.25) is 10.0 Å². The van der Waals surface area contributed by atoms with E-state index in [0.717, 1.165) is 25.1 Å². The highest BCUT2D eigenvalue weighted by atomic mass is 35.5. The van der Waals surface area contributed by atoms with Crippen LogP contribution in [0.25, 0.3) is 0 Å². The topological polar surface area (TPSA) is 40.6 Å². The van der Waals surface area contributed by atoms with Crippen molar-refractivity contribution in [2.75, 3.05) is 38.3 Å². The van der Waals surface area contributed by atoms with Gasteiger partial charge in [0.15, 0.2) is 0 Å². The van der Waals surface area contributed by atoms with E-state index in [0.29, 0.717) is 18.8 Å². The predicted octanol–water partition coefficient (Wildman–Crippen LogP) is 2.32. The lowest BCUT2D eigenvalue weighted by atomic mass is 10.1. The van der Waals surface area contributed by atoms with E-state index in [2.05, 4.69) is 4.90 Å². The number of likely N-dealkylation sites (N-methyl/N-ethyl adjacent to an activating group) is 1. The largest absolute Gasteiger partial charge is 0.303 e. The maximum Gasteiger partial charge on any atom is 0.214 e. The molecule has 1 aliphatic rings. The van der Waals surface area contributed by atoms with Gasteiger partial charge in [0.25, 0.3) is 0 Å². The number of halogens is 1. The Morgan fingerprint density at radius 2 is 1.90 bits per heavy atom. The molecule has 1 saturated heterocycles. The van der Waals surface area contributed by atoms with Crippen LogP contribution in [0.5, 0.6) is 0 Å². The van der Waals surface area contributed by atoms with E-state index in [1.165, 1.54) is 0 Å². The van der Waals surface area contributed by atoms with Crippen LogP contribution in [0.3, 0.4) is 0 Å². The highest BCUT2D eigenvalue weighted by molar-refractivity contribution is 7.89. The third-order valence-electron chi connectivity index (χ3n) is 3.86. The fourth-order valence-electron chi connectivity index (χ4n) is 2.68. The van der Waals surface area contributed by atoms with Crippen LogP contribution in [-0.4, -0.2) is 55.9 Å². The summed E-state index contributed by atoms with van der Waals surface area (Å²) in [7, 11) is -1.19. The number of unbranched alkanes of at least 4 members (excludes halogenated alkanes) is 1. The zero-order valence-corrected chi connectivity index (χ0v) is 14.0. The molecule has 1 aromatic carbocycles. The molecule has 1 unspecified atom stereocenters. The molecule has 4 nitrogen and oxygen atoms in total. The molecule has 0 radical (unpaired) electrons. The van der Waals surface area contributed by atoms with E-state index in [1.54, 1.807) is 4.31 Å². The minimum atomic E-state index is -3.23. The highest BCUT2D eigenvalue weighted by Crippen LogP contribution is 2.28. The van der Waals surface area contributed by atoms with Crippen LogP contribution in [0.2, 0.25) is 0 Å². The van der Waals surface area contributed by atoms with Gasteiger partial charge in [0.05, 0.1) is 11.8 Å². The van der Waals surface area contributed by atoms with E-state index in [1.807, 2.05) is 37.4 Å². The molecular formula is C15H23ClN2O2S. The molecule has 0 bridgehead atoms. The second kappa shape index (κ2) is 7.58. The summed E-state index contributed by atoms with van der Waals surface area (Å²) in [6.07, 6.45) is 1.37. The number of sulfonamides is 1. The summed E-state index contributed by atoms with van der Waals surface area (Å²) in [5.41, 5.74) is 1.06. The maximum atomic E-state index is 12.6. The Morgan fingerprint density at radius 1 is 1.19 bits per heavy atom. The Morgan fingerprint density at radius 3 is 2.57 bits per heavy atom. The summed E-state index contributed by atoms with van der Waals surface area (Å²) < 4.78 is 26.9. The molecule has 0 aromatic heterocycles. The minimum absolute atomic E-state index is 0.0917. The summed E-state index contributed by atoms with van der Waals surface area (Å²) in [6, 6.07) is 9.79. The number of alkyl halides is 1. The quantitative estimate of drug-likeness (QED) is 0.593. The number of nitrogens with zero attached hydrogens (tertiary/aromatic N) is 2. The fourth-order valence-corrected chi connectivity index (χ4v) is 4.61. The first-order chi connectivity index (χ1) is 10.0. The monoisotopic (exact) mass is 330 g/mol. The molecule has 0 saturated carbocycles. The second-order valence-corrected chi connectivity index (χ2v) is 7.93. The number of hydrogen-bond acceptors (Lipinski definition) is 3. The van der Waals surface area contributed by atoms with E-state index in [-0.39, 0.29) is 11.8 Å². The van der Waals surface area contributed by atoms with Gasteiger partial charge in [-0.2, -0.15) is 4.31 Å².